The fraction of sp³-hybridized carbons (Fsp3) is 0.562. The highest BCUT2D eigenvalue weighted by Crippen LogP contribution is 2.34. The highest BCUT2D eigenvalue weighted by molar-refractivity contribution is 5.73. The van der Waals surface area contributed by atoms with Crippen molar-refractivity contribution in [2.24, 2.45) is 0 Å². The van der Waals surface area contributed by atoms with Gasteiger partial charge >= 0.3 is 5.97 Å². The number of ether oxygens (including phenoxy) is 2. The van der Waals surface area contributed by atoms with Crippen LogP contribution in [0.25, 0.3) is 0 Å². The van der Waals surface area contributed by atoms with Gasteiger partial charge < -0.3 is 14.6 Å². The van der Waals surface area contributed by atoms with E-state index in [4.69, 9.17) is 9.47 Å². The lowest BCUT2D eigenvalue weighted by molar-refractivity contribution is -0.144. The number of nitrogens with zero attached hydrogens (tertiary/aromatic N) is 1. The number of hydrogen-bond donors (Lipinski definition) is 1. The predicted molar refractivity (Wildman–Crippen MR) is 77.7 cm³/mol. The van der Waals surface area contributed by atoms with Gasteiger partial charge in [0.1, 0.15) is 6.04 Å². The van der Waals surface area contributed by atoms with Crippen molar-refractivity contribution in [3.8, 4) is 11.5 Å². The Hall–Kier alpha value is -1.75. The van der Waals surface area contributed by atoms with Crippen LogP contribution in [0.3, 0.4) is 0 Å². The van der Waals surface area contributed by atoms with Gasteiger partial charge in [0.25, 0.3) is 0 Å². The Balaban J connectivity index is 1.82. The van der Waals surface area contributed by atoms with Gasteiger partial charge in [-0.05, 0) is 25.5 Å². The Labute approximate surface area is 124 Å². The molecule has 1 unspecified atom stereocenters. The third-order valence-corrected chi connectivity index (χ3v) is 4.13. The van der Waals surface area contributed by atoms with Crippen LogP contribution in [0.5, 0.6) is 11.5 Å². The zero-order chi connectivity index (χ0) is 14.7. The van der Waals surface area contributed by atoms with E-state index < -0.39 is 5.97 Å². The third kappa shape index (κ3) is 3.13. The number of carbonyl (C=O) groups is 1. The van der Waals surface area contributed by atoms with Crippen molar-refractivity contribution < 1.29 is 19.4 Å². The predicted octanol–water partition coefficient (Wildman–Crippen LogP) is 2.29. The maximum Gasteiger partial charge on any atom is 0.320 e. The molecule has 1 fully saturated rings. The molecular weight excluding hydrogens is 270 g/mol. The molecule has 1 atom stereocenters. The number of hydrogen-bond acceptors (Lipinski definition) is 4. The molecule has 1 saturated heterocycles. The molecule has 0 aromatic heterocycles. The lowest BCUT2D eigenvalue weighted by atomic mass is 10.0. The Morgan fingerprint density at radius 3 is 2.95 bits per heavy atom. The number of carboxylic acids is 1. The molecule has 5 nitrogen and oxygen atoms in total. The highest BCUT2D eigenvalue weighted by atomic mass is 16.5. The first-order valence-corrected chi connectivity index (χ1v) is 7.60. The summed E-state index contributed by atoms with van der Waals surface area (Å²) in [5.41, 5.74) is 1.02. The molecular formula is C16H21NO4. The van der Waals surface area contributed by atoms with E-state index in [2.05, 4.69) is 0 Å². The van der Waals surface area contributed by atoms with Crippen molar-refractivity contribution in [2.75, 3.05) is 19.8 Å². The second kappa shape index (κ2) is 6.35. The topological polar surface area (TPSA) is 59.0 Å². The van der Waals surface area contributed by atoms with Crippen molar-refractivity contribution in [1.82, 2.24) is 4.90 Å². The second-order valence-corrected chi connectivity index (χ2v) is 5.62. The Morgan fingerprint density at radius 1 is 1.24 bits per heavy atom. The number of fused-ring (bicyclic) bond motifs is 1. The van der Waals surface area contributed by atoms with Gasteiger partial charge in [0, 0.05) is 18.5 Å². The number of benzene rings is 1. The molecule has 0 radical (unpaired) electrons. The van der Waals surface area contributed by atoms with Crippen LogP contribution in [0.4, 0.5) is 0 Å². The van der Waals surface area contributed by atoms with Crippen LogP contribution in [0.2, 0.25) is 0 Å². The van der Waals surface area contributed by atoms with E-state index in [-0.39, 0.29) is 6.04 Å². The van der Waals surface area contributed by atoms with E-state index in [1.165, 1.54) is 0 Å². The number of piperidine rings is 1. The van der Waals surface area contributed by atoms with Gasteiger partial charge in [-0.1, -0.05) is 18.6 Å². The van der Waals surface area contributed by atoms with E-state index in [1.54, 1.807) is 0 Å². The fourth-order valence-corrected chi connectivity index (χ4v) is 3.06. The number of aliphatic carboxylic acids is 1. The molecule has 3 rings (SSSR count). The number of rotatable bonds is 3. The van der Waals surface area contributed by atoms with Gasteiger partial charge in [-0.25, -0.2) is 0 Å². The van der Waals surface area contributed by atoms with Gasteiger partial charge in [0.05, 0.1) is 13.2 Å². The molecule has 0 spiro atoms. The van der Waals surface area contributed by atoms with E-state index in [0.29, 0.717) is 19.8 Å². The largest absolute Gasteiger partial charge is 0.490 e. The lowest BCUT2D eigenvalue weighted by Gasteiger charge is -2.33. The van der Waals surface area contributed by atoms with E-state index >= 15 is 0 Å². The molecule has 1 aromatic carbocycles. The highest BCUT2D eigenvalue weighted by Gasteiger charge is 2.29. The van der Waals surface area contributed by atoms with Crippen LogP contribution in [-0.2, 0) is 11.3 Å². The summed E-state index contributed by atoms with van der Waals surface area (Å²) >= 11 is 0. The molecule has 2 heterocycles. The average molecular weight is 291 g/mol. The molecule has 5 heteroatoms. The summed E-state index contributed by atoms with van der Waals surface area (Å²) in [5.74, 6) is 0.826. The number of carboxylic acid groups (broad SMARTS) is 1. The average Bonchev–Trinajstić information content (AvgIpc) is 2.74. The summed E-state index contributed by atoms with van der Waals surface area (Å²) in [6, 6.07) is 5.47. The molecule has 2 aliphatic heterocycles. The molecule has 0 amide bonds. The first-order valence-electron chi connectivity index (χ1n) is 7.60. The smallest absolute Gasteiger partial charge is 0.320 e. The Morgan fingerprint density at radius 2 is 2.10 bits per heavy atom. The van der Waals surface area contributed by atoms with E-state index in [1.807, 2.05) is 23.1 Å². The zero-order valence-corrected chi connectivity index (χ0v) is 12.1. The van der Waals surface area contributed by atoms with Crippen molar-refractivity contribution in [2.45, 2.75) is 38.3 Å². The van der Waals surface area contributed by atoms with Crippen LogP contribution in [0, 0.1) is 0 Å². The van der Waals surface area contributed by atoms with Crippen LogP contribution in [-0.4, -0.2) is 41.8 Å². The molecule has 2 aliphatic rings. The summed E-state index contributed by atoms with van der Waals surface area (Å²) in [6.45, 7) is 2.73. The molecule has 114 valence electrons. The van der Waals surface area contributed by atoms with Crippen LogP contribution >= 0.6 is 0 Å². The zero-order valence-electron chi connectivity index (χ0n) is 12.1. The number of para-hydroxylation sites is 1. The first kappa shape index (κ1) is 14.2. The molecule has 1 N–H and O–H groups in total. The Kier molecular flexibility index (Phi) is 4.29. The maximum atomic E-state index is 11.4. The molecule has 1 aromatic rings. The van der Waals surface area contributed by atoms with Gasteiger partial charge in [-0.3, -0.25) is 9.69 Å². The van der Waals surface area contributed by atoms with Gasteiger partial charge in [-0.15, -0.1) is 0 Å². The molecule has 21 heavy (non-hydrogen) atoms. The first-order chi connectivity index (χ1) is 10.3. The maximum absolute atomic E-state index is 11.4. The summed E-state index contributed by atoms with van der Waals surface area (Å²) in [5, 5.41) is 9.37. The third-order valence-electron chi connectivity index (χ3n) is 4.13. The standard InChI is InChI=1S/C16H21NO4/c18-16(19)13-6-1-2-8-17(13)11-12-5-3-7-14-15(12)21-10-4-9-20-14/h3,5,7,13H,1-2,4,6,8-11H2,(H,18,19). The minimum absolute atomic E-state index is 0.388. The SMILES string of the molecule is O=C(O)C1CCCCN1Cc1cccc2c1OCCCO2. The van der Waals surface area contributed by atoms with Crippen LogP contribution in [0.1, 0.15) is 31.2 Å². The Bertz CT molecular complexity index is 517. The summed E-state index contributed by atoms with van der Waals surface area (Å²) in [6.07, 6.45) is 3.63. The second-order valence-electron chi connectivity index (χ2n) is 5.62. The summed E-state index contributed by atoms with van der Waals surface area (Å²) in [4.78, 5) is 13.4. The summed E-state index contributed by atoms with van der Waals surface area (Å²) < 4.78 is 11.5. The normalized spacial score (nSPS) is 22.6. The number of likely N-dealkylation sites (tertiary alicyclic amines) is 1. The van der Waals surface area contributed by atoms with E-state index in [9.17, 15) is 9.90 Å². The molecule has 0 aliphatic carbocycles. The summed E-state index contributed by atoms with van der Waals surface area (Å²) in [7, 11) is 0. The molecule has 0 bridgehead atoms. The van der Waals surface area contributed by atoms with Crippen LogP contribution < -0.4 is 9.47 Å². The fourth-order valence-electron chi connectivity index (χ4n) is 3.06. The lowest BCUT2D eigenvalue weighted by Crippen LogP contribution is -2.44. The van der Waals surface area contributed by atoms with Crippen LogP contribution in [0.15, 0.2) is 18.2 Å². The molecule has 0 saturated carbocycles. The minimum atomic E-state index is -0.728. The minimum Gasteiger partial charge on any atom is -0.490 e. The van der Waals surface area contributed by atoms with Crippen molar-refractivity contribution in [3.63, 3.8) is 0 Å². The van der Waals surface area contributed by atoms with Crippen molar-refractivity contribution in [3.05, 3.63) is 23.8 Å². The van der Waals surface area contributed by atoms with Gasteiger partial charge in [0.2, 0.25) is 0 Å². The quantitative estimate of drug-likeness (QED) is 0.926. The van der Waals surface area contributed by atoms with Crippen molar-refractivity contribution >= 4 is 5.97 Å². The van der Waals surface area contributed by atoms with E-state index in [0.717, 1.165) is 49.3 Å². The monoisotopic (exact) mass is 291 g/mol. The van der Waals surface area contributed by atoms with Gasteiger partial charge in [-0.2, -0.15) is 0 Å². The van der Waals surface area contributed by atoms with Crippen molar-refractivity contribution in [1.29, 1.82) is 0 Å². The van der Waals surface area contributed by atoms with Gasteiger partial charge in [0.15, 0.2) is 11.5 Å².